The van der Waals surface area contributed by atoms with Crippen molar-refractivity contribution in [2.75, 3.05) is 5.32 Å². The Kier molecular flexibility index (Phi) is 8.88. The summed E-state index contributed by atoms with van der Waals surface area (Å²) in [5, 5.41) is 21.2. The van der Waals surface area contributed by atoms with E-state index in [1.54, 1.807) is 0 Å². The number of rotatable bonds is 8. The fourth-order valence-electron chi connectivity index (χ4n) is 3.03. The van der Waals surface area contributed by atoms with Gasteiger partial charge in [-0.05, 0) is 35.9 Å². The van der Waals surface area contributed by atoms with E-state index in [1.807, 2.05) is 0 Å². The van der Waals surface area contributed by atoms with Crippen molar-refractivity contribution in [1.29, 1.82) is 0 Å². The molecule has 2 amide bonds. The average Bonchev–Trinajstić information content (AvgIpc) is 3.06. The van der Waals surface area contributed by atoms with Crippen molar-refractivity contribution in [3.63, 3.8) is 0 Å². The van der Waals surface area contributed by atoms with Crippen LogP contribution in [0.1, 0.15) is 29.3 Å². The molecule has 1 aliphatic rings. The molecule has 1 unspecified atom stereocenters. The fraction of sp³-hybridized carbons (Fsp3) is 0.211. The number of nitro groups is 1. The summed E-state index contributed by atoms with van der Waals surface area (Å²) in [6.45, 7) is -0.240. The third-order valence-electron chi connectivity index (χ3n) is 4.72. The number of nitrogens with zero attached hydrogens (tertiary/aromatic N) is 2. The third-order valence-corrected chi connectivity index (χ3v) is 5.81. The Morgan fingerprint density at radius 1 is 1.24 bits per heavy atom. The third kappa shape index (κ3) is 6.16. The molecular weight excluding hydrogens is 485 g/mol. The van der Waals surface area contributed by atoms with Crippen LogP contribution in [0, 0.1) is 10.1 Å². The minimum absolute atomic E-state index is 0. The Morgan fingerprint density at radius 3 is 2.41 bits per heavy atom. The standard InChI is InChI=1S/C19H17N3O10S.Na.H/c23-10-13-7-11(1-6-15(13)22(27)28)9-20-14-4-2-12(3-5-14)19(26)32-21-17(24)8-16(18(21)25)33(29,30)31;;/h1-7,16,20,23H,8-10H2,(H,29,30,31);;/q;+1;-1. The van der Waals surface area contributed by atoms with Gasteiger partial charge in [0.25, 0.3) is 27.6 Å². The summed E-state index contributed by atoms with van der Waals surface area (Å²) in [5.41, 5.74) is 1.14. The van der Waals surface area contributed by atoms with E-state index in [1.165, 1.54) is 42.5 Å². The number of hydrogen-bond donors (Lipinski definition) is 3. The topological polar surface area (TPSA) is 193 Å². The first-order valence-corrected chi connectivity index (χ1v) is 10.8. The summed E-state index contributed by atoms with van der Waals surface area (Å²) >= 11 is 0. The molecule has 3 rings (SSSR count). The second-order valence-electron chi connectivity index (χ2n) is 6.92. The predicted molar refractivity (Wildman–Crippen MR) is 111 cm³/mol. The van der Waals surface area contributed by atoms with Crippen LogP contribution in [-0.4, -0.2) is 51.1 Å². The summed E-state index contributed by atoms with van der Waals surface area (Å²) in [4.78, 5) is 51.0. The van der Waals surface area contributed by atoms with Gasteiger partial charge in [0.15, 0.2) is 5.25 Å². The second kappa shape index (κ2) is 11.0. The SMILES string of the molecule is O=C(ON1C(=O)CC(S(=O)(=O)O)C1=O)c1ccc(NCc2ccc([N+](=O)[O-])c(CO)c2)cc1.[H-].[Na+]. The van der Waals surface area contributed by atoms with Crippen molar-refractivity contribution in [3.05, 3.63) is 69.3 Å². The van der Waals surface area contributed by atoms with Gasteiger partial charge in [-0.1, -0.05) is 6.07 Å². The number of benzene rings is 2. The van der Waals surface area contributed by atoms with Crippen molar-refractivity contribution in [2.24, 2.45) is 0 Å². The molecule has 0 aliphatic carbocycles. The molecule has 0 spiro atoms. The molecule has 0 radical (unpaired) electrons. The molecular formula is C19H18N3NaO10S. The predicted octanol–water partition coefficient (Wildman–Crippen LogP) is -2.10. The molecule has 0 saturated carbocycles. The molecule has 2 aromatic carbocycles. The number of carbonyl (C=O) groups excluding carboxylic acids is 3. The number of hydroxylamine groups is 2. The minimum atomic E-state index is -4.82. The monoisotopic (exact) mass is 503 g/mol. The number of carbonyl (C=O) groups is 3. The van der Waals surface area contributed by atoms with E-state index in [0.717, 1.165) is 0 Å². The van der Waals surface area contributed by atoms with Crippen LogP contribution in [0.5, 0.6) is 0 Å². The smallest absolute Gasteiger partial charge is 1.00 e. The summed E-state index contributed by atoms with van der Waals surface area (Å²) in [5.74, 6) is -3.54. The van der Waals surface area contributed by atoms with Gasteiger partial charge < -0.3 is 16.7 Å². The normalized spacial score (nSPS) is 15.6. The van der Waals surface area contributed by atoms with Crippen molar-refractivity contribution >= 4 is 39.3 Å². The summed E-state index contributed by atoms with van der Waals surface area (Å²) in [7, 11) is -4.82. The minimum Gasteiger partial charge on any atom is -1.00 e. The molecule has 1 aliphatic heterocycles. The van der Waals surface area contributed by atoms with Gasteiger partial charge in [0, 0.05) is 18.3 Å². The van der Waals surface area contributed by atoms with Crippen molar-refractivity contribution in [2.45, 2.75) is 24.8 Å². The van der Waals surface area contributed by atoms with Crippen LogP contribution in [-0.2, 0) is 37.7 Å². The van der Waals surface area contributed by atoms with E-state index in [4.69, 9.17) is 9.39 Å². The Labute approximate surface area is 216 Å². The Hall–Kier alpha value is -2.88. The molecule has 1 heterocycles. The van der Waals surface area contributed by atoms with Crippen LogP contribution >= 0.6 is 0 Å². The van der Waals surface area contributed by atoms with Crippen LogP contribution in [0.3, 0.4) is 0 Å². The molecule has 34 heavy (non-hydrogen) atoms. The molecule has 13 nitrogen and oxygen atoms in total. The van der Waals surface area contributed by atoms with Gasteiger partial charge in [-0.15, -0.1) is 5.06 Å². The molecule has 0 aromatic heterocycles. The first kappa shape index (κ1) is 27.4. The number of nitrogens with one attached hydrogen (secondary N) is 1. The van der Waals surface area contributed by atoms with Gasteiger partial charge in [0.05, 0.1) is 29.1 Å². The quantitative estimate of drug-likeness (QED) is 0.117. The van der Waals surface area contributed by atoms with Crippen molar-refractivity contribution < 1.29 is 73.2 Å². The zero-order chi connectivity index (χ0) is 24.3. The number of amides is 2. The van der Waals surface area contributed by atoms with Crippen LogP contribution in [0.4, 0.5) is 11.4 Å². The number of imide groups is 1. The molecule has 0 bridgehead atoms. The molecule has 1 saturated heterocycles. The Morgan fingerprint density at radius 2 is 1.88 bits per heavy atom. The fourth-order valence-corrected chi connectivity index (χ4v) is 3.73. The number of aliphatic hydroxyl groups is 1. The van der Waals surface area contributed by atoms with E-state index < -0.39 is 51.1 Å². The first-order chi connectivity index (χ1) is 15.5. The molecule has 1 fully saturated rings. The van der Waals surface area contributed by atoms with Gasteiger partial charge in [-0.25, -0.2) is 4.79 Å². The van der Waals surface area contributed by atoms with Gasteiger partial charge in [-0.2, -0.15) is 8.42 Å². The first-order valence-electron chi connectivity index (χ1n) is 9.27. The maximum atomic E-state index is 12.2. The summed E-state index contributed by atoms with van der Waals surface area (Å²) < 4.78 is 31.3. The van der Waals surface area contributed by atoms with E-state index in [2.05, 4.69) is 5.32 Å². The molecule has 15 heteroatoms. The van der Waals surface area contributed by atoms with Gasteiger partial charge in [-0.3, -0.25) is 24.3 Å². The Bertz CT molecular complexity index is 1240. The van der Waals surface area contributed by atoms with Crippen molar-refractivity contribution in [1.82, 2.24) is 5.06 Å². The van der Waals surface area contributed by atoms with Gasteiger partial charge >= 0.3 is 35.5 Å². The summed E-state index contributed by atoms with van der Waals surface area (Å²) in [6.07, 6.45) is -0.839. The maximum Gasteiger partial charge on any atom is 1.00 e. The number of anilines is 1. The van der Waals surface area contributed by atoms with Gasteiger partial charge in [0.1, 0.15) is 0 Å². The number of aliphatic hydroxyl groups excluding tert-OH is 1. The van der Waals surface area contributed by atoms with E-state index in [-0.39, 0.29) is 59.4 Å². The van der Waals surface area contributed by atoms with E-state index in [0.29, 0.717) is 11.3 Å². The van der Waals surface area contributed by atoms with Crippen LogP contribution in [0.2, 0.25) is 0 Å². The molecule has 1 atom stereocenters. The second-order valence-corrected chi connectivity index (χ2v) is 8.52. The van der Waals surface area contributed by atoms with Crippen LogP contribution < -0.4 is 34.9 Å². The average molecular weight is 503 g/mol. The van der Waals surface area contributed by atoms with E-state index >= 15 is 0 Å². The number of nitro benzene ring substituents is 1. The largest absolute Gasteiger partial charge is 1.00 e. The summed E-state index contributed by atoms with van der Waals surface area (Å²) in [6, 6.07) is 9.93. The van der Waals surface area contributed by atoms with Crippen molar-refractivity contribution in [3.8, 4) is 0 Å². The van der Waals surface area contributed by atoms with Crippen LogP contribution in [0.25, 0.3) is 0 Å². The number of hydrogen-bond acceptors (Lipinski definition) is 10. The maximum absolute atomic E-state index is 12.2. The van der Waals surface area contributed by atoms with Crippen LogP contribution in [0.15, 0.2) is 42.5 Å². The molecule has 3 N–H and O–H groups in total. The van der Waals surface area contributed by atoms with Gasteiger partial charge in [0.2, 0.25) is 0 Å². The molecule has 176 valence electrons. The zero-order valence-corrected chi connectivity index (χ0v) is 20.5. The Balaban J connectivity index is 0.00000306. The zero-order valence-electron chi connectivity index (χ0n) is 18.7. The molecule has 2 aromatic rings. The van der Waals surface area contributed by atoms with E-state index in [9.17, 15) is 38.0 Å².